The van der Waals surface area contributed by atoms with E-state index in [0.717, 1.165) is 53.2 Å². The molecule has 3 aromatic heterocycles. The minimum absolute atomic E-state index is 0.0702. The second-order valence-electron chi connectivity index (χ2n) is 8.25. The van der Waals surface area contributed by atoms with Crippen LogP contribution in [0.1, 0.15) is 29.1 Å². The summed E-state index contributed by atoms with van der Waals surface area (Å²) in [6.07, 6.45) is 1.82. The number of fused-ring (bicyclic) bond motifs is 1. The minimum Gasteiger partial charge on any atom is -0.352 e. The van der Waals surface area contributed by atoms with Gasteiger partial charge in [-0.2, -0.15) is 10.2 Å². The molecule has 1 amide bonds. The van der Waals surface area contributed by atoms with E-state index in [1.54, 1.807) is 11.3 Å². The second kappa shape index (κ2) is 8.70. The van der Waals surface area contributed by atoms with Gasteiger partial charge in [-0.3, -0.25) is 4.79 Å². The van der Waals surface area contributed by atoms with Gasteiger partial charge in [-0.15, -0.1) is 16.4 Å². The summed E-state index contributed by atoms with van der Waals surface area (Å²) >= 11 is 1.66. The number of aryl methyl sites for hydroxylation is 2. The number of nitrogens with zero attached hydrogens (tertiary/aromatic N) is 5. The van der Waals surface area contributed by atoms with Gasteiger partial charge in [0.15, 0.2) is 5.82 Å². The van der Waals surface area contributed by atoms with E-state index in [2.05, 4.69) is 27.3 Å². The lowest BCUT2D eigenvalue weighted by atomic mass is 9.97. The molecule has 1 aliphatic heterocycles. The maximum Gasteiger partial charge on any atom is 0.225 e. The quantitative estimate of drug-likeness (QED) is 0.501. The summed E-state index contributed by atoms with van der Waals surface area (Å²) < 4.78 is 1.96. The first-order valence-corrected chi connectivity index (χ1v) is 11.8. The van der Waals surface area contributed by atoms with Crippen molar-refractivity contribution in [3.05, 3.63) is 64.1 Å². The Labute approximate surface area is 191 Å². The summed E-state index contributed by atoms with van der Waals surface area (Å²) in [7, 11) is 0. The average molecular weight is 447 g/mol. The molecule has 1 aromatic carbocycles. The van der Waals surface area contributed by atoms with E-state index in [9.17, 15) is 4.79 Å². The molecule has 0 aliphatic carbocycles. The number of carbonyl (C=O) groups excluding carboxylic acids is 1. The minimum atomic E-state index is -0.0702. The predicted octanol–water partition coefficient (Wildman–Crippen LogP) is 4.03. The topological polar surface area (TPSA) is 75.9 Å². The molecule has 0 spiro atoms. The van der Waals surface area contributed by atoms with Crippen LogP contribution < -0.4 is 10.2 Å². The van der Waals surface area contributed by atoms with Crippen molar-refractivity contribution in [2.24, 2.45) is 5.92 Å². The standard InChI is InChI=1S/C24H26N6OS/c1-16-21-17(2)30(19-9-4-3-5-10-19)28-22(21)23(27-26-16)29-12-6-8-18(15-29)24(31)25-14-20-11-7-13-32-20/h3-5,7,9-11,13,18H,6,8,12,14-15H2,1-2H3,(H,25,31). The third kappa shape index (κ3) is 3.86. The first-order chi connectivity index (χ1) is 15.6. The smallest absolute Gasteiger partial charge is 0.225 e. The van der Waals surface area contributed by atoms with Crippen molar-refractivity contribution in [3.63, 3.8) is 0 Å². The molecule has 1 unspecified atom stereocenters. The van der Waals surface area contributed by atoms with E-state index in [1.165, 1.54) is 4.88 Å². The first kappa shape index (κ1) is 20.6. The zero-order valence-electron chi connectivity index (χ0n) is 18.3. The van der Waals surface area contributed by atoms with Crippen molar-refractivity contribution >= 4 is 34.0 Å². The molecule has 32 heavy (non-hydrogen) atoms. The lowest BCUT2D eigenvalue weighted by Crippen LogP contribution is -2.43. The monoisotopic (exact) mass is 446 g/mol. The highest BCUT2D eigenvalue weighted by Crippen LogP contribution is 2.31. The third-order valence-electron chi connectivity index (χ3n) is 6.09. The van der Waals surface area contributed by atoms with Gasteiger partial charge in [0.25, 0.3) is 0 Å². The highest BCUT2D eigenvalue weighted by atomic mass is 32.1. The number of hydrogen-bond donors (Lipinski definition) is 1. The largest absolute Gasteiger partial charge is 0.352 e. The normalized spacial score (nSPS) is 16.4. The third-order valence-corrected chi connectivity index (χ3v) is 6.97. The Balaban J connectivity index is 1.42. The molecule has 5 rings (SSSR count). The summed E-state index contributed by atoms with van der Waals surface area (Å²) in [5, 5.41) is 20.1. The number of hydrogen-bond acceptors (Lipinski definition) is 6. The van der Waals surface area contributed by atoms with Crippen molar-refractivity contribution in [3.8, 4) is 5.69 Å². The molecule has 1 aliphatic rings. The molecule has 8 heteroatoms. The maximum atomic E-state index is 12.8. The number of para-hydroxylation sites is 1. The number of aromatic nitrogens is 4. The molecule has 164 valence electrons. The van der Waals surface area contributed by atoms with E-state index in [0.29, 0.717) is 13.1 Å². The van der Waals surface area contributed by atoms with Gasteiger partial charge >= 0.3 is 0 Å². The molecular formula is C24H26N6OS. The fraction of sp³-hybridized carbons (Fsp3) is 0.333. The summed E-state index contributed by atoms with van der Waals surface area (Å²) in [4.78, 5) is 16.2. The molecule has 1 atom stereocenters. The Kier molecular flexibility index (Phi) is 5.61. The maximum absolute atomic E-state index is 12.8. The van der Waals surface area contributed by atoms with Gasteiger partial charge in [-0.05, 0) is 50.3 Å². The molecule has 1 saturated heterocycles. The van der Waals surface area contributed by atoms with Crippen LogP contribution >= 0.6 is 11.3 Å². The fourth-order valence-corrected chi connectivity index (χ4v) is 5.11. The number of amides is 1. The highest BCUT2D eigenvalue weighted by molar-refractivity contribution is 7.09. The van der Waals surface area contributed by atoms with Crippen LogP contribution in [0, 0.1) is 19.8 Å². The van der Waals surface area contributed by atoms with Gasteiger partial charge in [0.2, 0.25) is 5.91 Å². The zero-order valence-corrected chi connectivity index (χ0v) is 19.1. The summed E-state index contributed by atoms with van der Waals surface area (Å²) in [6, 6.07) is 14.2. The van der Waals surface area contributed by atoms with Crippen molar-refractivity contribution in [1.82, 2.24) is 25.3 Å². The van der Waals surface area contributed by atoms with Crippen LogP contribution in [0.15, 0.2) is 47.8 Å². The molecule has 7 nitrogen and oxygen atoms in total. The number of nitrogens with one attached hydrogen (secondary N) is 1. The van der Waals surface area contributed by atoms with Crippen LogP contribution in [-0.4, -0.2) is 39.0 Å². The number of piperidine rings is 1. The highest BCUT2D eigenvalue weighted by Gasteiger charge is 2.29. The number of thiophene rings is 1. The van der Waals surface area contributed by atoms with Crippen LogP contribution in [0.4, 0.5) is 5.82 Å². The van der Waals surface area contributed by atoms with Gasteiger partial charge in [0.1, 0.15) is 5.52 Å². The Morgan fingerprint density at radius 3 is 2.78 bits per heavy atom. The van der Waals surface area contributed by atoms with E-state index < -0.39 is 0 Å². The SMILES string of the molecule is Cc1nnc(N2CCCC(C(=O)NCc3cccs3)C2)c2nn(-c3ccccc3)c(C)c12. The number of rotatable bonds is 5. The summed E-state index contributed by atoms with van der Waals surface area (Å²) in [5.74, 6) is 0.795. The molecule has 0 radical (unpaired) electrons. The van der Waals surface area contributed by atoms with E-state index >= 15 is 0 Å². The van der Waals surface area contributed by atoms with Gasteiger partial charge in [-0.1, -0.05) is 24.3 Å². The van der Waals surface area contributed by atoms with Gasteiger partial charge < -0.3 is 10.2 Å². The first-order valence-electron chi connectivity index (χ1n) is 10.9. The van der Waals surface area contributed by atoms with E-state index in [1.807, 2.05) is 59.5 Å². The molecule has 0 saturated carbocycles. The van der Waals surface area contributed by atoms with E-state index in [4.69, 9.17) is 5.10 Å². The molecule has 1 fully saturated rings. The Morgan fingerprint density at radius 1 is 1.16 bits per heavy atom. The van der Waals surface area contributed by atoms with Crippen LogP contribution in [0.5, 0.6) is 0 Å². The van der Waals surface area contributed by atoms with Crippen LogP contribution in [0.2, 0.25) is 0 Å². The van der Waals surface area contributed by atoms with E-state index in [-0.39, 0.29) is 11.8 Å². The second-order valence-corrected chi connectivity index (χ2v) is 9.28. The lowest BCUT2D eigenvalue weighted by Gasteiger charge is -2.32. The van der Waals surface area contributed by atoms with Crippen molar-refractivity contribution < 1.29 is 4.79 Å². The summed E-state index contributed by atoms with van der Waals surface area (Å²) in [6.45, 7) is 6.10. The van der Waals surface area contributed by atoms with Gasteiger partial charge in [0, 0.05) is 18.0 Å². The number of carbonyl (C=O) groups is 1. The van der Waals surface area contributed by atoms with Gasteiger partial charge in [0.05, 0.1) is 34.9 Å². The van der Waals surface area contributed by atoms with Crippen LogP contribution in [0.25, 0.3) is 16.6 Å². The van der Waals surface area contributed by atoms with Crippen molar-refractivity contribution in [1.29, 1.82) is 0 Å². The van der Waals surface area contributed by atoms with Crippen LogP contribution in [0.3, 0.4) is 0 Å². The van der Waals surface area contributed by atoms with Crippen molar-refractivity contribution in [2.75, 3.05) is 18.0 Å². The van der Waals surface area contributed by atoms with Crippen molar-refractivity contribution in [2.45, 2.75) is 33.2 Å². The fourth-order valence-electron chi connectivity index (χ4n) is 4.46. The van der Waals surface area contributed by atoms with Crippen LogP contribution in [-0.2, 0) is 11.3 Å². The Hall–Kier alpha value is -3.26. The Morgan fingerprint density at radius 2 is 2.00 bits per heavy atom. The number of benzene rings is 1. The predicted molar refractivity (Wildman–Crippen MR) is 127 cm³/mol. The number of anilines is 1. The molecule has 1 N–H and O–H groups in total. The average Bonchev–Trinajstić information content (AvgIpc) is 3.47. The summed E-state index contributed by atoms with van der Waals surface area (Å²) in [5.41, 5.74) is 3.77. The van der Waals surface area contributed by atoms with Gasteiger partial charge in [-0.25, -0.2) is 4.68 Å². The Bertz CT molecular complexity index is 1230. The molecule has 4 heterocycles. The molecule has 4 aromatic rings. The zero-order chi connectivity index (χ0) is 22.1. The lowest BCUT2D eigenvalue weighted by molar-refractivity contribution is -0.125. The molecule has 0 bridgehead atoms. The molecular weight excluding hydrogens is 420 g/mol.